The maximum absolute atomic E-state index is 12.6. The second-order valence-corrected chi connectivity index (χ2v) is 5.56. The van der Waals surface area contributed by atoms with Gasteiger partial charge in [0, 0.05) is 25.3 Å². The molecule has 1 aliphatic heterocycles. The molecule has 1 aromatic rings. The number of carbonyl (C=O) groups is 2. The SMILES string of the molecule is COC(=O)CC1CN(C(=O)c2cccn2C2CC2)CCO1. The number of morpholine rings is 1. The molecule has 1 saturated carbocycles. The van der Waals surface area contributed by atoms with Crippen molar-refractivity contribution < 1.29 is 19.1 Å². The van der Waals surface area contributed by atoms with Crippen LogP contribution in [0.4, 0.5) is 0 Å². The number of aromatic nitrogens is 1. The smallest absolute Gasteiger partial charge is 0.308 e. The van der Waals surface area contributed by atoms with Gasteiger partial charge in [-0.25, -0.2) is 0 Å². The van der Waals surface area contributed by atoms with Crippen molar-refractivity contribution in [1.82, 2.24) is 9.47 Å². The lowest BCUT2D eigenvalue weighted by Gasteiger charge is -2.32. The zero-order chi connectivity index (χ0) is 14.8. The number of hydrogen-bond acceptors (Lipinski definition) is 4. The van der Waals surface area contributed by atoms with Crippen molar-refractivity contribution in [1.29, 1.82) is 0 Å². The van der Waals surface area contributed by atoms with Crippen LogP contribution in [-0.2, 0) is 14.3 Å². The maximum Gasteiger partial charge on any atom is 0.308 e. The highest BCUT2D eigenvalue weighted by Crippen LogP contribution is 2.36. The average Bonchev–Trinajstić information content (AvgIpc) is 3.24. The van der Waals surface area contributed by atoms with E-state index in [1.54, 1.807) is 4.90 Å². The van der Waals surface area contributed by atoms with Gasteiger partial charge in [0.25, 0.3) is 5.91 Å². The van der Waals surface area contributed by atoms with E-state index < -0.39 is 0 Å². The van der Waals surface area contributed by atoms with Gasteiger partial charge in [-0.15, -0.1) is 0 Å². The van der Waals surface area contributed by atoms with E-state index in [2.05, 4.69) is 9.30 Å². The van der Waals surface area contributed by atoms with Gasteiger partial charge in [0.1, 0.15) is 5.69 Å². The van der Waals surface area contributed by atoms with Gasteiger partial charge >= 0.3 is 5.97 Å². The monoisotopic (exact) mass is 292 g/mol. The molecule has 114 valence electrons. The molecule has 3 rings (SSSR count). The molecule has 1 saturated heterocycles. The van der Waals surface area contributed by atoms with Crippen molar-refractivity contribution in [2.75, 3.05) is 26.8 Å². The number of amides is 1. The van der Waals surface area contributed by atoms with Crippen LogP contribution in [0.2, 0.25) is 0 Å². The number of esters is 1. The van der Waals surface area contributed by atoms with Crippen molar-refractivity contribution >= 4 is 11.9 Å². The van der Waals surface area contributed by atoms with Crippen LogP contribution in [0, 0.1) is 0 Å². The van der Waals surface area contributed by atoms with Gasteiger partial charge in [-0.2, -0.15) is 0 Å². The molecule has 1 atom stereocenters. The number of carbonyl (C=O) groups excluding carboxylic acids is 2. The van der Waals surface area contributed by atoms with Gasteiger partial charge in [0.05, 0.1) is 26.2 Å². The minimum absolute atomic E-state index is 0.0186. The summed E-state index contributed by atoms with van der Waals surface area (Å²) in [6.45, 7) is 1.45. The molecule has 1 aromatic heterocycles. The Balaban J connectivity index is 1.66. The fraction of sp³-hybridized carbons (Fsp3) is 0.600. The first-order valence-electron chi connectivity index (χ1n) is 7.33. The maximum atomic E-state index is 12.6. The van der Waals surface area contributed by atoms with Gasteiger partial charge in [-0.05, 0) is 25.0 Å². The Bertz CT molecular complexity index is 536. The number of nitrogens with zero attached hydrogens (tertiary/aromatic N) is 2. The molecule has 1 unspecified atom stereocenters. The van der Waals surface area contributed by atoms with E-state index in [0.717, 1.165) is 18.5 Å². The van der Waals surface area contributed by atoms with Crippen molar-refractivity contribution in [3.05, 3.63) is 24.0 Å². The first kappa shape index (κ1) is 14.1. The molecular weight excluding hydrogens is 272 g/mol. The summed E-state index contributed by atoms with van der Waals surface area (Å²) in [4.78, 5) is 25.7. The fourth-order valence-corrected chi connectivity index (χ4v) is 2.70. The van der Waals surface area contributed by atoms with Crippen LogP contribution in [0.5, 0.6) is 0 Å². The number of rotatable bonds is 4. The first-order chi connectivity index (χ1) is 10.2. The number of hydrogen-bond donors (Lipinski definition) is 0. The Morgan fingerprint density at radius 1 is 1.43 bits per heavy atom. The molecule has 1 amide bonds. The van der Waals surface area contributed by atoms with Gasteiger partial charge in [0.2, 0.25) is 0 Å². The zero-order valence-electron chi connectivity index (χ0n) is 12.2. The molecule has 0 aromatic carbocycles. The van der Waals surface area contributed by atoms with Gasteiger partial charge < -0.3 is 18.9 Å². The molecule has 0 bridgehead atoms. The first-order valence-corrected chi connectivity index (χ1v) is 7.33. The van der Waals surface area contributed by atoms with Crippen molar-refractivity contribution in [3.63, 3.8) is 0 Å². The number of ether oxygens (including phenoxy) is 2. The highest BCUT2D eigenvalue weighted by atomic mass is 16.5. The van der Waals surface area contributed by atoms with Crippen LogP contribution in [-0.4, -0.2) is 54.3 Å². The third-order valence-corrected chi connectivity index (χ3v) is 3.99. The molecule has 0 N–H and O–H groups in total. The lowest BCUT2D eigenvalue weighted by Crippen LogP contribution is -2.46. The minimum atomic E-state index is -0.310. The van der Waals surface area contributed by atoms with Crippen molar-refractivity contribution in [2.45, 2.75) is 31.4 Å². The summed E-state index contributed by atoms with van der Waals surface area (Å²) in [5.41, 5.74) is 0.733. The van der Waals surface area contributed by atoms with E-state index in [9.17, 15) is 9.59 Å². The van der Waals surface area contributed by atoms with Gasteiger partial charge in [-0.1, -0.05) is 0 Å². The molecule has 21 heavy (non-hydrogen) atoms. The predicted octanol–water partition coefficient (Wildman–Crippen LogP) is 1.23. The molecule has 2 fully saturated rings. The van der Waals surface area contributed by atoms with E-state index >= 15 is 0 Å². The molecule has 2 heterocycles. The van der Waals surface area contributed by atoms with Crippen molar-refractivity contribution in [3.8, 4) is 0 Å². The molecule has 1 aliphatic carbocycles. The normalized spacial score (nSPS) is 22.1. The topological polar surface area (TPSA) is 60.8 Å². The van der Waals surface area contributed by atoms with E-state index in [1.165, 1.54) is 7.11 Å². The molecule has 0 spiro atoms. The molecule has 6 nitrogen and oxygen atoms in total. The third-order valence-electron chi connectivity index (χ3n) is 3.99. The average molecular weight is 292 g/mol. The van der Waals surface area contributed by atoms with Gasteiger partial charge in [0.15, 0.2) is 0 Å². The summed E-state index contributed by atoms with van der Waals surface area (Å²) in [5, 5.41) is 0. The van der Waals surface area contributed by atoms with Crippen molar-refractivity contribution in [2.24, 2.45) is 0 Å². The Hall–Kier alpha value is -1.82. The zero-order valence-corrected chi connectivity index (χ0v) is 12.2. The van der Waals surface area contributed by atoms with Gasteiger partial charge in [-0.3, -0.25) is 9.59 Å². The molecule has 0 radical (unpaired) electrons. The lowest BCUT2D eigenvalue weighted by molar-refractivity contribution is -0.145. The Morgan fingerprint density at radius 3 is 2.95 bits per heavy atom. The fourth-order valence-electron chi connectivity index (χ4n) is 2.70. The van der Waals surface area contributed by atoms with Crippen LogP contribution in [0.25, 0.3) is 0 Å². The molecule has 6 heteroatoms. The van der Waals surface area contributed by atoms with Crippen LogP contribution >= 0.6 is 0 Å². The second-order valence-electron chi connectivity index (χ2n) is 5.56. The van der Waals surface area contributed by atoms with E-state index in [4.69, 9.17) is 4.74 Å². The van der Waals surface area contributed by atoms with E-state index in [0.29, 0.717) is 25.7 Å². The largest absolute Gasteiger partial charge is 0.469 e. The third kappa shape index (κ3) is 3.10. The summed E-state index contributed by atoms with van der Waals surface area (Å²) < 4.78 is 12.3. The van der Waals surface area contributed by atoms with Crippen LogP contribution in [0.1, 0.15) is 35.8 Å². The highest BCUT2D eigenvalue weighted by molar-refractivity contribution is 5.93. The molecular formula is C15H20N2O4. The quantitative estimate of drug-likeness (QED) is 0.783. The summed E-state index contributed by atoms with van der Waals surface area (Å²) in [6, 6.07) is 4.26. The second kappa shape index (κ2) is 5.89. The highest BCUT2D eigenvalue weighted by Gasteiger charge is 2.31. The summed E-state index contributed by atoms with van der Waals surface area (Å²) in [5.74, 6) is -0.291. The van der Waals surface area contributed by atoms with Crippen LogP contribution in [0.15, 0.2) is 18.3 Å². The lowest BCUT2D eigenvalue weighted by atomic mass is 10.2. The Labute approximate surface area is 123 Å². The van der Waals surface area contributed by atoms with Crippen LogP contribution < -0.4 is 0 Å². The minimum Gasteiger partial charge on any atom is -0.469 e. The van der Waals surface area contributed by atoms with E-state index in [1.807, 2.05) is 18.3 Å². The standard InChI is InChI=1S/C15H20N2O4/c1-20-14(18)9-12-10-16(7-8-21-12)15(19)13-3-2-6-17(13)11-4-5-11/h2-3,6,11-12H,4-5,7-10H2,1H3. The molecule has 2 aliphatic rings. The Morgan fingerprint density at radius 2 is 2.24 bits per heavy atom. The summed E-state index contributed by atoms with van der Waals surface area (Å²) >= 11 is 0. The Kier molecular flexibility index (Phi) is 3.96. The summed E-state index contributed by atoms with van der Waals surface area (Å²) in [7, 11) is 1.36. The van der Waals surface area contributed by atoms with E-state index in [-0.39, 0.29) is 24.4 Å². The number of methoxy groups -OCH3 is 1. The summed E-state index contributed by atoms with van der Waals surface area (Å²) in [6.07, 6.45) is 4.16. The van der Waals surface area contributed by atoms with Crippen LogP contribution in [0.3, 0.4) is 0 Å². The predicted molar refractivity (Wildman–Crippen MR) is 75.0 cm³/mol.